The Kier molecular flexibility index (Phi) is 14.8. The van der Waals surface area contributed by atoms with Gasteiger partial charge in [-0.3, -0.25) is 14.4 Å². The molecule has 178 valence electrons. The molecule has 0 saturated carbocycles. The largest absolute Gasteiger partial charge is 0.379 e. The van der Waals surface area contributed by atoms with Crippen LogP contribution in [0.4, 0.5) is 0 Å². The van der Waals surface area contributed by atoms with Crippen molar-refractivity contribution in [3.05, 3.63) is 10.4 Å². The van der Waals surface area contributed by atoms with E-state index in [9.17, 15) is 14.4 Å². The van der Waals surface area contributed by atoms with Gasteiger partial charge in [-0.1, -0.05) is 39.7 Å². The van der Waals surface area contributed by atoms with Crippen molar-refractivity contribution >= 4 is 17.5 Å². The van der Waals surface area contributed by atoms with Crippen molar-refractivity contribution in [3.63, 3.8) is 0 Å². The predicted octanol–water partition coefficient (Wildman–Crippen LogP) is 3.85. The SMILES string of the molecule is CC(C)[C@H](CC(=O)CCOCCOCCN=[N+]=[N-])C(=O)N[C@@H](C)C(=O)CCC(C)(C)C. The number of Topliss-reactive ketones (excluding diaryl/α,β-unsaturated/α-hetero) is 2. The number of nitrogens with one attached hydrogen (secondary N) is 1. The maximum Gasteiger partial charge on any atom is 0.224 e. The summed E-state index contributed by atoms with van der Waals surface area (Å²) in [7, 11) is 0. The fraction of sp³-hybridized carbons (Fsp3) is 0.864. The van der Waals surface area contributed by atoms with Gasteiger partial charge < -0.3 is 14.8 Å². The number of carbonyl (C=O) groups excluding carboxylic acids is 3. The van der Waals surface area contributed by atoms with Crippen LogP contribution >= 0.6 is 0 Å². The Balaban J connectivity index is 4.30. The van der Waals surface area contributed by atoms with Crippen LogP contribution in [0.15, 0.2) is 5.11 Å². The highest BCUT2D eigenvalue weighted by Crippen LogP contribution is 2.21. The average molecular weight is 441 g/mol. The number of hydrogen-bond donors (Lipinski definition) is 1. The van der Waals surface area contributed by atoms with Gasteiger partial charge in [-0.2, -0.15) is 0 Å². The molecular weight excluding hydrogens is 400 g/mol. The molecule has 2 atom stereocenters. The molecule has 0 unspecified atom stereocenters. The molecule has 0 aliphatic heterocycles. The highest BCUT2D eigenvalue weighted by Gasteiger charge is 2.27. The highest BCUT2D eigenvalue weighted by atomic mass is 16.5. The van der Waals surface area contributed by atoms with Gasteiger partial charge in [-0.05, 0) is 30.2 Å². The van der Waals surface area contributed by atoms with Crippen LogP contribution in [0.1, 0.15) is 67.2 Å². The summed E-state index contributed by atoms with van der Waals surface area (Å²) in [6, 6.07) is -0.562. The van der Waals surface area contributed by atoms with Crippen molar-refractivity contribution in [2.24, 2.45) is 22.4 Å². The van der Waals surface area contributed by atoms with Gasteiger partial charge in [-0.15, -0.1) is 0 Å². The first-order valence-electron chi connectivity index (χ1n) is 11.0. The van der Waals surface area contributed by atoms with E-state index in [-0.39, 0.29) is 54.8 Å². The summed E-state index contributed by atoms with van der Waals surface area (Å²) in [5, 5.41) is 6.14. The molecule has 0 aromatic carbocycles. The summed E-state index contributed by atoms with van der Waals surface area (Å²) in [6.45, 7) is 13.3. The van der Waals surface area contributed by atoms with Crippen LogP contribution in [0.2, 0.25) is 0 Å². The van der Waals surface area contributed by atoms with E-state index in [1.165, 1.54) is 0 Å². The molecule has 9 heteroatoms. The Bertz CT molecular complexity index is 610. The van der Waals surface area contributed by atoms with E-state index in [1.807, 2.05) is 13.8 Å². The first-order chi connectivity index (χ1) is 14.5. The van der Waals surface area contributed by atoms with Gasteiger partial charge in [0.15, 0.2) is 5.78 Å². The summed E-state index contributed by atoms with van der Waals surface area (Å²) in [6.07, 6.45) is 1.52. The fourth-order valence-electron chi connectivity index (χ4n) is 2.75. The summed E-state index contributed by atoms with van der Waals surface area (Å²) in [4.78, 5) is 39.9. The topological polar surface area (TPSA) is 130 Å². The second-order valence-corrected chi connectivity index (χ2v) is 9.28. The number of azide groups is 1. The average Bonchev–Trinajstić information content (AvgIpc) is 2.67. The molecule has 0 aliphatic carbocycles. The van der Waals surface area contributed by atoms with Crippen LogP contribution in [-0.4, -0.2) is 56.5 Å². The van der Waals surface area contributed by atoms with E-state index in [1.54, 1.807) is 6.92 Å². The van der Waals surface area contributed by atoms with Gasteiger partial charge >= 0.3 is 0 Å². The molecule has 0 spiro atoms. The van der Waals surface area contributed by atoms with Crippen molar-refractivity contribution in [2.45, 2.75) is 73.3 Å². The van der Waals surface area contributed by atoms with E-state index in [4.69, 9.17) is 15.0 Å². The third-order valence-corrected chi connectivity index (χ3v) is 4.85. The Hall–Kier alpha value is -1.96. The first-order valence-corrected chi connectivity index (χ1v) is 11.0. The van der Waals surface area contributed by atoms with E-state index in [2.05, 4.69) is 36.1 Å². The van der Waals surface area contributed by atoms with Crippen molar-refractivity contribution in [1.82, 2.24) is 5.32 Å². The van der Waals surface area contributed by atoms with Crippen molar-refractivity contribution in [1.29, 1.82) is 0 Å². The fourth-order valence-corrected chi connectivity index (χ4v) is 2.75. The molecule has 31 heavy (non-hydrogen) atoms. The molecule has 0 aliphatic rings. The molecular formula is C22H40N4O5. The molecule has 9 nitrogen and oxygen atoms in total. The predicted molar refractivity (Wildman–Crippen MR) is 120 cm³/mol. The second-order valence-electron chi connectivity index (χ2n) is 9.28. The molecule has 0 aromatic heterocycles. The van der Waals surface area contributed by atoms with Gasteiger partial charge in [-0.25, -0.2) is 0 Å². The molecule has 0 saturated heterocycles. The number of carbonyl (C=O) groups is 3. The highest BCUT2D eigenvalue weighted by molar-refractivity contribution is 5.91. The Morgan fingerprint density at radius 3 is 2.16 bits per heavy atom. The number of amides is 1. The normalized spacial score (nSPS) is 13.4. The minimum atomic E-state index is -0.562. The lowest BCUT2D eigenvalue weighted by molar-refractivity contribution is -0.133. The summed E-state index contributed by atoms with van der Waals surface area (Å²) < 4.78 is 10.6. The first kappa shape index (κ1) is 29.0. The summed E-state index contributed by atoms with van der Waals surface area (Å²) in [5.41, 5.74) is 8.21. The van der Waals surface area contributed by atoms with Gasteiger partial charge in [0.2, 0.25) is 5.91 Å². The van der Waals surface area contributed by atoms with Crippen LogP contribution in [0.3, 0.4) is 0 Å². The molecule has 0 fully saturated rings. The van der Waals surface area contributed by atoms with Crippen LogP contribution in [0.25, 0.3) is 10.4 Å². The standard InChI is InChI=1S/C22H40N4O5/c1-16(2)19(21(29)25-17(3)20(28)7-9-22(4,5)6)15-18(27)8-11-30-13-14-31-12-10-24-26-23/h16-17,19H,7-15H2,1-6H3,(H,25,29)/t17-,19-/m0/s1. The number of ether oxygens (including phenoxy) is 2. The van der Waals surface area contributed by atoms with Crippen LogP contribution in [0.5, 0.6) is 0 Å². The number of ketones is 2. The van der Waals surface area contributed by atoms with Gasteiger partial charge in [0.05, 0.1) is 32.5 Å². The van der Waals surface area contributed by atoms with E-state index in [0.717, 1.165) is 6.42 Å². The zero-order valence-corrected chi connectivity index (χ0v) is 20.0. The molecule has 0 bridgehead atoms. The number of nitrogens with zero attached hydrogens (tertiary/aromatic N) is 3. The molecule has 0 rings (SSSR count). The second kappa shape index (κ2) is 15.8. The van der Waals surface area contributed by atoms with Crippen LogP contribution < -0.4 is 5.32 Å². The third kappa shape index (κ3) is 15.5. The quantitative estimate of drug-likeness (QED) is 0.159. The molecule has 0 radical (unpaired) electrons. The zero-order chi connectivity index (χ0) is 23.9. The molecule has 0 heterocycles. The lowest BCUT2D eigenvalue weighted by Crippen LogP contribution is -2.43. The zero-order valence-electron chi connectivity index (χ0n) is 20.0. The van der Waals surface area contributed by atoms with Gasteiger partial charge in [0.25, 0.3) is 0 Å². The maximum atomic E-state index is 12.7. The van der Waals surface area contributed by atoms with Gasteiger partial charge in [0, 0.05) is 36.6 Å². The monoisotopic (exact) mass is 440 g/mol. The Morgan fingerprint density at radius 1 is 1.00 bits per heavy atom. The van der Waals surface area contributed by atoms with Crippen LogP contribution in [-0.2, 0) is 23.9 Å². The van der Waals surface area contributed by atoms with Crippen molar-refractivity contribution in [2.75, 3.05) is 33.0 Å². The Labute approximate surface area is 186 Å². The summed E-state index contributed by atoms with van der Waals surface area (Å²) >= 11 is 0. The van der Waals surface area contributed by atoms with Crippen molar-refractivity contribution < 1.29 is 23.9 Å². The number of hydrogen-bond acceptors (Lipinski definition) is 6. The lowest BCUT2D eigenvalue weighted by atomic mass is 9.87. The molecule has 1 N–H and O–H groups in total. The molecule has 1 amide bonds. The van der Waals surface area contributed by atoms with E-state index in [0.29, 0.717) is 26.2 Å². The number of rotatable bonds is 17. The van der Waals surface area contributed by atoms with Crippen molar-refractivity contribution in [3.8, 4) is 0 Å². The summed E-state index contributed by atoms with van der Waals surface area (Å²) in [5.74, 6) is -0.799. The molecule has 0 aromatic rings. The Morgan fingerprint density at radius 2 is 1.61 bits per heavy atom. The van der Waals surface area contributed by atoms with Crippen LogP contribution in [0, 0.1) is 17.3 Å². The lowest BCUT2D eigenvalue weighted by Gasteiger charge is -2.23. The third-order valence-electron chi connectivity index (χ3n) is 4.85. The smallest absolute Gasteiger partial charge is 0.224 e. The minimum Gasteiger partial charge on any atom is -0.379 e. The van der Waals surface area contributed by atoms with Gasteiger partial charge in [0.1, 0.15) is 5.78 Å². The maximum absolute atomic E-state index is 12.7. The van der Waals surface area contributed by atoms with E-state index >= 15 is 0 Å². The minimum absolute atomic E-state index is 0.00662. The van der Waals surface area contributed by atoms with E-state index < -0.39 is 12.0 Å².